The van der Waals surface area contributed by atoms with Gasteiger partial charge in [-0.3, -0.25) is 0 Å². The molecular formula is C7H14O2S. The molecule has 0 aliphatic carbocycles. The van der Waals surface area contributed by atoms with Gasteiger partial charge in [-0.1, -0.05) is 0 Å². The van der Waals surface area contributed by atoms with Gasteiger partial charge in [0, 0.05) is 6.61 Å². The van der Waals surface area contributed by atoms with Gasteiger partial charge in [0.2, 0.25) is 0 Å². The SMILES string of the molecule is SCCCCOCC1CO1. The minimum absolute atomic E-state index is 0.413. The molecule has 1 atom stereocenters. The van der Waals surface area contributed by atoms with Crippen molar-refractivity contribution in [2.45, 2.75) is 18.9 Å². The summed E-state index contributed by atoms with van der Waals surface area (Å²) in [6.07, 6.45) is 2.68. The number of unbranched alkanes of at least 4 members (excludes halogenated alkanes) is 1. The molecule has 0 aromatic heterocycles. The average Bonchev–Trinajstić information content (AvgIpc) is 2.71. The monoisotopic (exact) mass is 162 g/mol. The van der Waals surface area contributed by atoms with Gasteiger partial charge >= 0.3 is 0 Å². The van der Waals surface area contributed by atoms with Crippen LogP contribution in [-0.4, -0.2) is 31.7 Å². The van der Waals surface area contributed by atoms with E-state index >= 15 is 0 Å². The normalized spacial score (nSPS) is 23.1. The zero-order valence-electron chi connectivity index (χ0n) is 6.08. The van der Waals surface area contributed by atoms with Gasteiger partial charge in [0.25, 0.3) is 0 Å². The molecule has 1 saturated heterocycles. The maximum atomic E-state index is 5.30. The molecule has 1 aliphatic rings. The van der Waals surface area contributed by atoms with Gasteiger partial charge in [0.15, 0.2) is 0 Å². The largest absolute Gasteiger partial charge is 0.379 e. The molecule has 1 unspecified atom stereocenters. The highest BCUT2D eigenvalue weighted by Crippen LogP contribution is 2.08. The van der Waals surface area contributed by atoms with Crippen molar-refractivity contribution in [1.82, 2.24) is 0 Å². The van der Waals surface area contributed by atoms with Crippen molar-refractivity contribution < 1.29 is 9.47 Å². The second-order valence-electron chi connectivity index (χ2n) is 2.46. The smallest absolute Gasteiger partial charge is 0.104 e. The van der Waals surface area contributed by atoms with Crippen molar-refractivity contribution in [3.63, 3.8) is 0 Å². The molecule has 0 spiro atoms. The molecule has 2 nitrogen and oxygen atoms in total. The summed E-state index contributed by atoms with van der Waals surface area (Å²) in [6.45, 7) is 2.54. The molecule has 1 rings (SSSR count). The molecule has 0 radical (unpaired) electrons. The van der Waals surface area contributed by atoms with Crippen LogP contribution in [-0.2, 0) is 9.47 Å². The topological polar surface area (TPSA) is 21.8 Å². The zero-order chi connectivity index (χ0) is 7.23. The van der Waals surface area contributed by atoms with Crippen molar-refractivity contribution in [2.75, 3.05) is 25.6 Å². The first-order valence-electron chi connectivity index (χ1n) is 3.73. The fourth-order valence-electron chi connectivity index (χ4n) is 0.695. The Kier molecular flexibility index (Phi) is 4.18. The third kappa shape index (κ3) is 4.14. The van der Waals surface area contributed by atoms with E-state index in [1.54, 1.807) is 0 Å². The van der Waals surface area contributed by atoms with Crippen LogP contribution < -0.4 is 0 Å². The molecule has 0 amide bonds. The Labute approximate surface area is 67.3 Å². The van der Waals surface area contributed by atoms with E-state index in [9.17, 15) is 0 Å². The van der Waals surface area contributed by atoms with Crippen molar-refractivity contribution in [3.05, 3.63) is 0 Å². The molecule has 10 heavy (non-hydrogen) atoms. The average molecular weight is 162 g/mol. The molecule has 0 aromatic carbocycles. The van der Waals surface area contributed by atoms with Crippen LogP contribution in [0.4, 0.5) is 0 Å². The summed E-state index contributed by atoms with van der Waals surface area (Å²) >= 11 is 4.10. The Morgan fingerprint density at radius 2 is 2.30 bits per heavy atom. The molecule has 1 fully saturated rings. The minimum Gasteiger partial charge on any atom is -0.379 e. The number of rotatable bonds is 6. The number of epoxide rings is 1. The lowest BCUT2D eigenvalue weighted by molar-refractivity contribution is 0.114. The van der Waals surface area contributed by atoms with Gasteiger partial charge in [0.05, 0.1) is 13.2 Å². The van der Waals surface area contributed by atoms with Crippen LogP contribution in [0.15, 0.2) is 0 Å². The molecule has 0 N–H and O–H groups in total. The summed E-state index contributed by atoms with van der Waals surface area (Å²) < 4.78 is 10.3. The van der Waals surface area contributed by atoms with E-state index in [0.29, 0.717) is 6.10 Å². The van der Waals surface area contributed by atoms with Crippen molar-refractivity contribution in [3.8, 4) is 0 Å². The van der Waals surface area contributed by atoms with E-state index in [1.165, 1.54) is 0 Å². The van der Waals surface area contributed by atoms with Crippen molar-refractivity contribution >= 4 is 12.6 Å². The Morgan fingerprint density at radius 3 is 2.90 bits per heavy atom. The van der Waals surface area contributed by atoms with Crippen LogP contribution in [0.25, 0.3) is 0 Å². The highest BCUT2D eigenvalue weighted by molar-refractivity contribution is 7.80. The van der Waals surface area contributed by atoms with E-state index in [2.05, 4.69) is 12.6 Å². The van der Waals surface area contributed by atoms with Gasteiger partial charge in [-0.15, -0.1) is 0 Å². The standard InChI is InChI=1S/C7H14O2S/c10-4-2-1-3-8-5-7-6-9-7/h7,10H,1-6H2. The third-order valence-electron chi connectivity index (χ3n) is 1.40. The first kappa shape index (κ1) is 8.37. The first-order valence-corrected chi connectivity index (χ1v) is 4.37. The molecule has 3 heteroatoms. The van der Waals surface area contributed by atoms with Gasteiger partial charge in [0.1, 0.15) is 6.10 Å². The first-order chi connectivity index (χ1) is 4.93. The van der Waals surface area contributed by atoms with Crippen LogP contribution >= 0.6 is 12.6 Å². The number of thiol groups is 1. The lowest BCUT2D eigenvalue weighted by atomic mass is 10.4. The van der Waals surface area contributed by atoms with Gasteiger partial charge in [-0.05, 0) is 18.6 Å². The lowest BCUT2D eigenvalue weighted by Crippen LogP contribution is -2.02. The highest BCUT2D eigenvalue weighted by atomic mass is 32.1. The summed E-state index contributed by atoms with van der Waals surface area (Å²) in [5.74, 6) is 0.962. The van der Waals surface area contributed by atoms with Gasteiger partial charge < -0.3 is 9.47 Å². The summed E-state index contributed by atoms with van der Waals surface area (Å²) in [4.78, 5) is 0. The second kappa shape index (κ2) is 4.99. The highest BCUT2D eigenvalue weighted by Gasteiger charge is 2.21. The van der Waals surface area contributed by atoms with Crippen LogP contribution in [0.5, 0.6) is 0 Å². The third-order valence-corrected chi connectivity index (χ3v) is 1.72. The molecule has 0 saturated carbocycles. The van der Waals surface area contributed by atoms with E-state index < -0.39 is 0 Å². The molecule has 1 heterocycles. The Bertz CT molecular complexity index is 83.7. The minimum atomic E-state index is 0.413. The van der Waals surface area contributed by atoms with Crippen LogP contribution in [0, 0.1) is 0 Å². The fourth-order valence-corrected chi connectivity index (χ4v) is 0.919. The zero-order valence-corrected chi connectivity index (χ0v) is 6.98. The summed E-state index contributed by atoms with van der Waals surface area (Å²) in [5.41, 5.74) is 0. The molecule has 0 aromatic rings. The second-order valence-corrected chi connectivity index (χ2v) is 2.91. The molecule has 0 bridgehead atoms. The van der Waals surface area contributed by atoms with Crippen LogP contribution in [0.2, 0.25) is 0 Å². The van der Waals surface area contributed by atoms with Crippen LogP contribution in [0.3, 0.4) is 0 Å². The quantitative estimate of drug-likeness (QED) is 0.359. The lowest BCUT2D eigenvalue weighted by Gasteiger charge is -1.99. The van der Waals surface area contributed by atoms with Crippen molar-refractivity contribution in [2.24, 2.45) is 0 Å². The molecule has 1 aliphatic heterocycles. The fraction of sp³-hybridized carbons (Fsp3) is 1.00. The van der Waals surface area contributed by atoms with E-state index in [1.807, 2.05) is 0 Å². The van der Waals surface area contributed by atoms with Crippen LogP contribution in [0.1, 0.15) is 12.8 Å². The van der Waals surface area contributed by atoms with E-state index in [4.69, 9.17) is 9.47 Å². The number of hydrogen-bond donors (Lipinski definition) is 1. The summed E-state index contributed by atoms with van der Waals surface area (Å²) in [5, 5.41) is 0. The Morgan fingerprint density at radius 1 is 1.50 bits per heavy atom. The number of ether oxygens (including phenoxy) is 2. The Balaban J connectivity index is 1.68. The van der Waals surface area contributed by atoms with Gasteiger partial charge in [-0.25, -0.2) is 0 Å². The number of hydrogen-bond acceptors (Lipinski definition) is 3. The molecule has 60 valence electrons. The predicted octanol–water partition coefficient (Wildman–Crippen LogP) is 1.11. The van der Waals surface area contributed by atoms with E-state index in [-0.39, 0.29) is 0 Å². The Hall–Kier alpha value is 0.270. The maximum Gasteiger partial charge on any atom is 0.104 e. The molecular weight excluding hydrogens is 148 g/mol. The maximum absolute atomic E-state index is 5.30. The van der Waals surface area contributed by atoms with E-state index in [0.717, 1.165) is 38.4 Å². The van der Waals surface area contributed by atoms with Crippen molar-refractivity contribution in [1.29, 1.82) is 0 Å². The summed E-state index contributed by atoms with van der Waals surface area (Å²) in [7, 11) is 0. The predicted molar refractivity (Wildman–Crippen MR) is 43.6 cm³/mol. The summed E-state index contributed by atoms with van der Waals surface area (Å²) in [6, 6.07) is 0. The van der Waals surface area contributed by atoms with Gasteiger partial charge in [-0.2, -0.15) is 12.6 Å².